The first-order valence-corrected chi connectivity index (χ1v) is 10.1. The highest BCUT2D eigenvalue weighted by Crippen LogP contribution is 2.16. The number of rotatable bonds is 6. The average molecular weight is 413 g/mol. The Kier molecular flexibility index (Phi) is 6.10. The lowest BCUT2D eigenvalue weighted by Crippen LogP contribution is -2.42. The van der Waals surface area contributed by atoms with Crippen LogP contribution < -0.4 is 15.6 Å². The van der Waals surface area contributed by atoms with Gasteiger partial charge in [0.25, 0.3) is 11.8 Å². The minimum absolute atomic E-state index is 0.0160. The van der Waals surface area contributed by atoms with E-state index < -0.39 is 21.8 Å². The summed E-state index contributed by atoms with van der Waals surface area (Å²) in [5.74, 6) is -0.655. The van der Waals surface area contributed by atoms with Crippen molar-refractivity contribution in [2.45, 2.75) is 18.4 Å². The van der Waals surface area contributed by atoms with Gasteiger partial charge in [-0.2, -0.15) is 0 Å². The normalized spacial score (nSPS) is 11.1. The fourth-order valence-corrected chi connectivity index (χ4v) is 3.54. The number of amides is 2. The Morgan fingerprint density at radius 2 is 1.66 bits per heavy atom. The number of sulfonamides is 1. The van der Waals surface area contributed by atoms with Crippen LogP contribution in [0.1, 0.15) is 32.0 Å². The fraction of sp³-hybridized carbons (Fsp3) is 0.100. The van der Waals surface area contributed by atoms with Gasteiger partial charge in [-0.15, -0.1) is 0 Å². The van der Waals surface area contributed by atoms with Gasteiger partial charge in [-0.3, -0.25) is 20.4 Å². The Morgan fingerprint density at radius 3 is 2.34 bits per heavy atom. The monoisotopic (exact) mass is 413 g/mol. The molecule has 0 fully saturated rings. The standard InChI is InChI=1S/C20H19N3O5S/c1-14-9-10-17(29(26,27)21-13-16-8-5-11-28-16)12-18(14)20(25)23-22-19(24)15-6-3-2-4-7-15/h2-12,21H,13H2,1H3,(H,22,24)(H,23,25). The minimum Gasteiger partial charge on any atom is -0.468 e. The van der Waals surface area contributed by atoms with Crippen LogP contribution in [0.15, 0.2) is 76.2 Å². The number of aryl methyl sites for hydroxylation is 1. The van der Waals surface area contributed by atoms with Gasteiger partial charge in [0.05, 0.1) is 17.7 Å². The molecule has 0 aliphatic heterocycles. The van der Waals surface area contributed by atoms with Crippen LogP contribution in [-0.4, -0.2) is 20.2 Å². The van der Waals surface area contributed by atoms with Crippen molar-refractivity contribution in [1.29, 1.82) is 0 Å². The molecule has 3 N–H and O–H groups in total. The maximum atomic E-state index is 12.5. The van der Waals surface area contributed by atoms with E-state index in [1.165, 1.54) is 24.5 Å². The van der Waals surface area contributed by atoms with E-state index in [4.69, 9.17) is 4.42 Å². The third kappa shape index (κ3) is 5.09. The van der Waals surface area contributed by atoms with Crippen LogP contribution >= 0.6 is 0 Å². The van der Waals surface area contributed by atoms with Crippen LogP contribution in [0.2, 0.25) is 0 Å². The van der Waals surface area contributed by atoms with E-state index in [0.717, 1.165) is 0 Å². The van der Waals surface area contributed by atoms with Crippen molar-refractivity contribution in [2.75, 3.05) is 0 Å². The maximum absolute atomic E-state index is 12.5. The van der Waals surface area contributed by atoms with Crippen molar-refractivity contribution in [3.8, 4) is 0 Å². The van der Waals surface area contributed by atoms with Crippen molar-refractivity contribution in [2.24, 2.45) is 0 Å². The molecule has 9 heteroatoms. The molecule has 0 aliphatic rings. The molecule has 0 aliphatic carbocycles. The molecule has 0 radical (unpaired) electrons. The van der Waals surface area contributed by atoms with Gasteiger partial charge < -0.3 is 4.42 Å². The first-order valence-electron chi connectivity index (χ1n) is 8.65. The molecule has 8 nitrogen and oxygen atoms in total. The van der Waals surface area contributed by atoms with E-state index in [-0.39, 0.29) is 17.0 Å². The van der Waals surface area contributed by atoms with Crippen LogP contribution in [0.4, 0.5) is 0 Å². The quantitative estimate of drug-likeness (QED) is 0.535. The van der Waals surface area contributed by atoms with Crippen molar-refractivity contribution < 1.29 is 22.4 Å². The molecule has 0 bridgehead atoms. The van der Waals surface area contributed by atoms with E-state index in [2.05, 4.69) is 15.6 Å². The van der Waals surface area contributed by atoms with Crippen molar-refractivity contribution in [3.63, 3.8) is 0 Å². The smallest absolute Gasteiger partial charge is 0.270 e. The topological polar surface area (TPSA) is 118 Å². The van der Waals surface area contributed by atoms with Gasteiger partial charge in [-0.05, 0) is 48.9 Å². The van der Waals surface area contributed by atoms with Gasteiger partial charge >= 0.3 is 0 Å². The maximum Gasteiger partial charge on any atom is 0.270 e. The predicted molar refractivity (Wildman–Crippen MR) is 105 cm³/mol. The van der Waals surface area contributed by atoms with Crippen molar-refractivity contribution >= 4 is 21.8 Å². The van der Waals surface area contributed by atoms with Gasteiger partial charge in [0.2, 0.25) is 10.0 Å². The van der Waals surface area contributed by atoms with E-state index in [9.17, 15) is 18.0 Å². The molecule has 1 aromatic heterocycles. The molecule has 150 valence electrons. The zero-order valence-electron chi connectivity index (χ0n) is 15.5. The number of nitrogens with one attached hydrogen (secondary N) is 3. The van der Waals surface area contributed by atoms with Crippen LogP contribution in [0.3, 0.4) is 0 Å². The highest BCUT2D eigenvalue weighted by atomic mass is 32.2. The minimum atomic E-state index is -3.86. The van der Waals surface area contributed by atoms with Crippen LogP contribution in [0.25, 0.3) is 0 Å². The third-order valence-electron chi connectivity index (χ3n) is 4.11. The molecule has 0 atom stereocenters. The lowest BCUT2D eigenvalue weighted by molar-refractivity contribution is 0.0846. The number of benzene rings is 2. The zero-order valence-corrected chi connectivity index (χ0v) is 16.3. The summed E-state index contributed by atoms with van der Waals surface area (Å²) in [6.07, 6.45) is 1.45. The van der Waals surface area contributed by atoms with E-state index in [0.29, 0.717) is 16.9 Å². The first kappa shape index (κ1) is 20.3. The second-order valence-corrected chi connectivity index (χ2v) is 7.92. The largest absolute Gasteiger partial charge is 0.468 e. The molecule has 29 heavy (non-hydrogen) atoms. The zero-order chi connectivity index (χ0) is 20.9. The number of hydrazine groups is 1. The number of hydrogen-bond acceptors (Lipinski definition) is 5. The second kappa shape index (κ2) is 8.72. The lowest BCUT2D eigenvalue weighted by Gasteiger charge is -2.11. The summed E-state index contributed by atoms with van der Waals surface area (Å²) < 4.78 is 32.5. The van der Waals surface area contributed by atoms with E-state index in [1.54, 1.807) is 49.4 Å². The van der Waals surface area contributed by atoms with E-state index in [1.807, 2.05) is 0 Å². The van der Waals surface area contributed by atoms with Gasteiger partial charge in [-0.25, -0.2) is 13.1 Å². The SMILES string of the molecule is Cc1ccc(S(=O)(=O)NCc2ccco2)cc1C(=O)NNC(=O)c1ccccc1. The lowest BCUT2D eigenvalue weighted by atomic mass is 10.1. The Bertz CT molecular complexity index is 1110. The highest BCUT2D eigenvalue weighted by molar-refractivity contribution is 7.89. The first-order chi connectivity index (χ1) is 13.9. The average Bonchev–Trinajstić information content (AvgIpc) is 3.25. The van der Waals surface area contributed by atoms with E-state index >= 15 is 0 Å². The van der Waals surface area contributed by atoms with Gasteiger partial charge in [0.1, 0.15) is 5.76 Å². The summed E-state index contributed by atoms with van der Waals surface area (Å²) >= 11 is 0. The van der Waals surface area contributed by atoms with Crippen LogP contribution in [0.5, 0.6) is 0 Å². The summed E-state index contributed by atoms with van der Waals surface area (Å²) in [4.78, 5) is 24.4. The Labute approximate surface area is 168 Å². The molecular weight excluding hydrogens is 394 g/mol. The Hall–Kier alpha value is -3.43. The molecule has 0 saturated heterocycles. The molecule has 1 heterocycles. The molecule has 0 unspecified atom stereocenters. The number of carbonyl (C=O) groups excluding carboxylic acids is 2. The summed E-state index contributed by atoms with van der Waals surface area (Å²) in [6.45, 7) is 1.65. The molecule has 2 amide bonds. The molecule has 0 saturated carbocycles. The van der Waals surface area contributed by atoms with Gasteiger partial charge in [0.15, 0.2) is 0 Å². The van der Waals surface area contributed by atoms with Crippen molar-refractivity contribution in [3.05, 3.63) is 89.4 Å². The van der Waals surface area contributed by atoms with Crippen LogP contribution in [-0.2, 0) is 16.6 Å². The summed E-state index contributed by atoms with van der Waals surface area (Å²) in [7, 11) is -3.86. The summed E-state index contributed by atoms with van der Waals surface area (Å²) in [5, 5.41) is 0. The highest BCUT2D eigenvalue weighted by Gasteiger charge is 2.19. The second-order valence-electron chi connectivity index (χ2n) is 6.15. The summed E-state index contributed by atoms with van der Waals surface area (Å²) in [6, 6.07) is 15.8. The molecular formula is C20H19N3O5S. The van der Waals surface area contributed by atoms with Gasteiger partial charge in [0, 0.05) is 11.1 Å². The Balaban J connectivity index is 1.70. The van der Waals surface area contributed by atoms with Crippen LogP contribution in [0, 0.1) is 6.92 Å². The summed E-state index contributed by atoms with van der Waals surface area (Å²) in [5.41, 5.74) is 5.67. The Morgan fingerprint density at radius 1 is 0.931 bits per heavy atom. The fourth-order valence-electron chi connectivity index (χ4n) is 2.52. The van der Waals surface area contributed by atoms with Gasteiger partial charge in [-0.1, -0.05) is 24.3 Å². The third-order valence-corrected chi connectivity index (χ3v) is 5.50. The number of furan rings is 1. The molecule has 3 aromatic rings. The number of hydrogen-bond donors (Lipinski definition) is 3. The predicted octanol–water partition coefficient (Wildman–Crippen LogP) is 2.14. The molecule has 3 rings (SSSR count). The number of carbonyl (C=O) groups is 2. The molecule has 2 aromatic carbocycles. The molecule has 0 spiro atoms. The van der Waals surface area contributed by atoms with Crippen molar-refractivity contribution in [1.82, 2.24) is 15.6 Å².